The van der Waals surface area contributed by atoms with Crippen molar-refractivity contribution in [2.75, 3.05) is 6.54 Å². The summed E-state index contributed by atoms with van der Waals surface area (Å²) in [5, 5.41) is 6.70. The SMILES string of the molecule is O=C(NCCn1ccnc1-c1ccccn1)c1cc(C2CC2)on1. The van der Waals surface area contributed by atoms with E-state index in [1.807, 2.05) is 29.0 Å². The maximum atomic E-state index is 12.1. The smallest absolute Gasteiger partial charge is 0.273 e. The lowest BCUT2D eigenvalue weighted by Crippen LogP contribution is -2.27. The monoisotopic (exact) mass is 323 g/mol. The third-order valence-corrected chi connectivity index (χ3v) is 3.99. The Morgan fingerprint density at radius 2 is 2.21 bits per heavy atom. The van der Waals surface area contributed by atoms with Crippen LogP contribution < -0.4 is 5.32 Å². The van der Waals surface area contributed by atoms with E-state index >= 15 is 0 Å². The molecule has 3 aromatic heterocycles. The summed E-state index contributed by atoms with van der Waals surface area (Å²) in [6.45, 7) is 1.08. The number of pyridine rings is 1. The Balaban J connectivity index is 1.35. The minimum absolute atomic E-state index is 0.217. The van der Waals surface area contributed by atoms with Crippen molar-refractivity contribution in [3.8, 4) is 11.5 Å². The molecule has 0 spiro atoms. The van der Waals surface area contributed by atoms with Crippen LogP contribution in [0, 0.1) is 0 Å². The minimum atomic E-state index is -0.217. The van der Waals surface area contributed by atoms with Gasteiger partial charge in [0.05, 0.1) is 0 Å². The van der Waals surface area contributed by atoms with Crippen LogP contribution in [-0.4, -0.2) is 32.1 Å². The Morgan fingerprint density at radius 1 is 1.29 bits per heavy atom. The summed E-state index contributed by atoms with van der Waals surface area (Å²) in [7, 11) is 0. The molecule has 0 radical (unpaired) electrons. The van der Waals surface area contributed by atoms with E-state index < -0.39 is 0 Å². The number of hydrogen-bond donors (Lipinski definition) is 1. The minimum Gasteiger partial charge on any atom is -0.360 e. The fourth-order valence-corrected chi connectivity index (χ4v) is 2.55. The molecule has 122 valence electrons. The van der Waals surface area contributed by atoms with Crippen molar-refractivity contribution in [3.05, 3.63) is 54.3 Å². The van der Waals surface area contributed by atoms with E-state index in [0.29, 0.717) is 24.7 Å². The molecule has 0 atom stereocenters. The van der Waals surface area contributed by atoms with Crippen LogP contribution in [-0.2, 0) is 6.54 Å². The van der Waals surface area contributed by atoms with E-state index in [0.717, 1.165) is 30.1 Å². The second-order valence-corrected chi connectivity index (χ2v) is 5.80. The Hall–Kier alpha value is -2.96. The van der Waals surface area contributed by atoms with Crippen molar-refractivity contribution in [2.45, 2.75) is 25.3 Å². The van der Waals surface area contributed by atoms with Crippen LogP contribution in [0.3, 0.4) is 0 Å². The van der Waals surface area contributed by atoms with Crippen molar-refractivity contribution >= 4 is 5.91 Å². The Labute approximate surface area is 138 Å². The van der Waals surface area contributed by atoms with Gasteiger partial charge in [0, 0.05) is 43.7 Å². The number of carbonyl (C=O) groups is 1. The van der Waals surface area contributed by atoms with Gasteiger partial charge in [-0.05, 0) is 25.0 Å². The highest BCUT2D eigenvalue weighted by atomic mass is 16.5. The zero-order valence-electron chi connectivity index (χ0n) is 13.1. The van der Waals surface area contributed by atoms with Crippen LogP contribution in [0.25, 0.3) is 11.5 Å². The summed E-state index contributed by atoms with van der Waals surface area (Å²) in [4.78, 5) is 20.8. The predicted molar refractivity (Wildman–Crippen MR) is 86.3 cm³/mol. The van der Waals surface area contributed by atoms with Gasteiger partial charge in [-0.25, -0.2) is 4.98 Å². The lowest BCUT2D eigenvalue weighted by Gasteiger charge is -2.08. The number of carbonyl (C=O) groups excluding carboxylic acids is 1. The standard InChI is InChI=1S/C17H17N5O2/c23-17(14-11-15(24-21-14)12-4-5-12)20-8-10-22-9-7-19-16(22)13-3-1-2-6-18-13/h1-3,6-7,9,11-12H,4-5,8,10H2,(H,20,23). The third-order valence-electron chi connectivity index (χ3n) is 3.99. The van der Waals surface area contributed by atoms with Crippen LogP contribution in [0.4, 0.5) is 0 Å². The van der Waals surface area contributed by atoms with Crippen molar-refractivity contribution < 1.29 is 9.32 Å². The molecule has 1 amide bonds. The van der Waals surface area contributed by atoms with Crippen molar-refractivity contribution in [2.24, 2.45) is 0 Å². The molecule has 1 aliphatic rings. The van der Waals surface area contributed by atoms with Gasteiger partial charge in [-0.1, -0.05) is 11.2 Å². The average molecular weight is 323 g/mol. The first kappa shape index (κ1) is 14.6. The van der Waals surface area contributed by atoms with Crippen LogP contribution in [0.2, 0.25) is 0 Å². The van der Waals surface area contributed by atoms with Crippen LogP contribution in [0.15, 0.2) is 47.4 Å². The number of aromatic nitrogens is 4. The fourth-order valence-electron chi connectivity index (χ4n) is 2.55. The van der Waals surface area contributed by atoms with Gasteiger partial charge in [-0.15, -0.1) is 0 Å². The van der Waals surface area contributed by atoms with Crippen LogP contribution in [0.5, 0.6) is 0 Å². The van der Waals surface area contributed by atoms with E-state index in [4.69, 9.17) is 4.52 Å². The van der Waals surface area contributed by atoms with E-state index in [1.54, 1.807) is 18.5 Å². The van der Waals surface area contributed by atoms with Gasteiger partial charge in [-0.3, -0.25) is 9.78 Å². The number of rotatable bonds is 6. The first-order valence-electron chi connectivity index (χ1n) is 7.98. The fraction of sp³-hybridized carbons (Fsp3) is 0.294. The van der Waals surface area contributed by atoms with Crippen LogP contribution >= 0.6 is 0 Å². The largest absolute Gasteiger partial charge is 0.360 e. The third kappa shape index (κ3) is 3.05. The quantitative estimate of drug-likeness (QED) is 0.752. The molecule has 0 saturated heterocycles. The van der Waals surface area contributed by atoms with Crippen molar-refractivity contribution in [1.29, 1.82) is 0 Å². The maximum absolute atomic E-state index is 12.1. The second kappa shape index (κ2) is 6.27. The predicted octanol–water partition coefficient (Wildman–Crippen LogP) is 2.24. The molecule has 4 rings (SSSR count). The summed E-state index contributed by atoms with van der Waals surface area (Å²) < 4.78 is 7.16. The summed E-state index contributed by atoms with van der Waals surface area (Å²) in [6, 6.07) is 7.44. The van der Waals surface area contributed by atoms with Gasteiger partial charge in [-0.2, -0.15) is 0 Å². The first-order chi connectivity index (χ1) is 11.8. The molecule has 3 heterocycles. The van der Waals surface area contributed by atoms with Gasteiger partial charge in [0.2, 0.25) is 0 Å². The molecule has 0 unspecified atom stereocenters. The summed E-state index contributed by atoms with van der Waals surface area (Å²) in [5.74, 6) is 1.82. The first-order valence-corrected chi connectivity index (χ1v) is 7.98. The Bertz CT molecular complexity index is 836. The molecule has 0 aliphatic heterocycles. The molecule has 3 aromatic rings. The van der Waals surface area contributed by atoms with E-state index in [-0.39, 0.29) is 5.91 Å². The molecule has 24 heavy (non-hydrogen) atoms. The second-order valence-electron chi connectivity index (χ2n) is 5.80. The molecule has 0 bridgehead atoms. The van der Waals surface area contributed by atoms with Gasteiger partial charge in [0.25, 0.3) is 5.91 Å². The van der Waals surface area contributed by atoms with Crippen molar-refractivity contribution in [3.63, 3.8) is 0 Å². The van der Waals surface area contributed by atoms with Gasteiger partial charge in [0.1, 0.15) is 11.5 Å². The molecule has 1 N–H and O–H groups in total. The highest BCUT2D eigenvalue weighted by Crippen LogP contribution is 2.40. The van der Waals surface area contributed by atoms with Gasteiger partial charge < -0.3 is 14.4 Å². The molecule has 1 aliphatic carbocycles. The number of nitrogens with one attached hydrogen (secondary N) is 1. The highest BCUT2D eigenvalue weighted by molar-refractivity contribution is 5.92. The normalized spacial score (nSPS) is 13.8. The van der Waals surface area contributed by atoms with E-state index in [9.17, 15) is 4.79 Å². The molecular formula is C17H17N5O2. The molecular weight excluding hydrogens is 306 g/mol. The van der Waals surface area contributed by atoms with Gasteiger partial charge >= 0.3 is 0 Å². The topological polar surface area (TPSA) is 85.8 Å². The van der Waals surface area contributed by atoms with Crippen molar-refractivity contribution in [1.82, 2.24) is 25.0 Å². The molecule has 0 aromatic carbocycles. The van der Waals surface area contributed by atoms with E-state index in [2.05, 4.69) is 20.4 Å². The number of hydrogen-bond acceptors (Lipinski definition) is 5. The highest BCUT2D eigenvalue weighted by Gasteiger charge is 2.28. The van der Waals surface area contributed by atoms with E-state index in [1.165, 1.54) is 0 Å². The number of imidazole rings is 1. The Kier molecular flexibility index (Phi) is 3.82. The van der Waals surface area contributed by atoms with Crippen LogP contribution in [0.1, 0.15) is 35.0 Å². The zero-order chi connectivity index (χ0) is 16.4. The summed E-state index contributed by atoms with van der Waals surface area (Å²) in [6.07, 6.45) is 7.57. The number of nitrogens with zero attached hydrogens (tertiary/aromatic N) is 4. The summed E-state index contributed by atoms with van der Waals surface area (Å²) in [5.41, 5.74) is 1.15. The molecule has 7 heteroatoms. The lowest BCUT2D eigenvalue weighted by molar-refractivity contribution is 0.0943. The average Bonchev–Trinajstić information content (AvgIpc) is 3.16. The Morgan fingerprint density at radius 3 is 3.00 bits per heavy atom. The molecule has 1 fully saturated rings. The lowest BCUT2D eigenvalue weighted by atomic mass is 10.3. The van der Waals surface area contributed by atoms with Gasteiger partial charge in [0.15, 0.2) is 11.5 Å². The molecule has 7 nitrogen and oxygen atoms in total. The maximum Gasteiger partial charge on any atom is 0.273 e. The summed E-state index contributed by atoms with van der Waals surface area (Å²) >= 11 is 0. The molecule has 1 saturated carbocycles. The zero-order valence-corrected chi connectivity index (χ0v) is 13.1. The number of amides is 1.